The van der Waals surface area contributed by atoms with Gasteiger partial charge in [0.05, 0.1) is 19.9 Å². The van der Waals surface area contributed by atoms with Gasteiger partial charge >= 0.3 is 0 Å². The van der Waals surface area contributed by atoms with Crippen LogP contribution in [0.2, 0.25) is 0 Å². The third-order valence-corrected chi connectivity index (χ3v) is 4.63. The molecule has 0 radical (unpaired) electrons. The lowest BCUT2D eigenvalue weighted by Gasteiger charge is -2.26. The standard InChI is InChI=1S/C19H26N4O2/c1-22(2)19-20-10-9-14(21-19)13-23-11-5-6-17(23)16-8-7-15(24-3)12-18(16)25-4/h7-10,12,17H,5-6,11,13H2,1-4H3. The minimum Gasteiger partial charge on any atom is -0.497 e. The van der Waals surface area contributed by atoms with E-state index in [0.29, 0.717) is 6.04 Å². The van der Waals surface area contributed by atoms with Gasteiger partial charge in [-0.3, -0.25) is 4.90 Å². The van der Waals surface area contributed by atoms with Crippen molar-refractivity contribution in [3.8, 4) is 11.5 Å². The Bertz CT molecular complexity index is 720. The third-order valence-electron chi connectivity index (χ3n) is 4.63. The van der Waals surface area contributed by atoms with Crippen molar-refractivity contribution in [1.29, 1.82) is 0 Å². The van der Waals surface area contributed by atoms with E-state index in [1.165, 1.54) is 12.0 Å². The van der Waals surface area contributed by atoms with Gasteiger partial charge in [0.2, 0.25) is 5.95 Å². The highest BCUT2D eigenvalue weighted by Crippen LogP contribution is 2.39. The lowest BCUT2D eigenvalue weighted by atomic mass is 10.0. The van der Waals surface area contributed by atoms with Crippen LogP contribution < -0.4 is 14.4 Å². The van der Waals surface area contributed by atoms with E-state index in [1.54, 1.807) is 14.2 Å². The molecule has 1 fully saturated rings. The Morgan fingerprint density at radius 3 is 2.76 bits per heavy atom. The van der Waals surface area contributed by atoms with E-state index in [1.807, 2.05) is 43.4 Å². The number of nitrogens with zero attached hydrogens (tertiary/aromatic N) is 4. The van der Waals surface area contributed by atoms with Crippen molar-refractivity contribution in [2.75, 3.05) is 39.8 Å². The largest absolute Gasteiger partial charge is 0.497 e. The molecule has 2 aromatic rings. The number of benzene rings is 1. The molecule has 1 aromatic carbocycles. The number of ether oxygens (including phenoxy) is 2. The van der Waals surface area contributed by atoms with Crippen LogP contribution in [0.25, 0.3) is 0 Å². The molecule has 0 spiro atoms. The van der Waals surface area contributed by atoms with Crippen LogP contribution >= 0.6 is 0 Å². The fourth-order valence-electron chi connectivity index (χ4n) is 3.36. The zero-order chi connectivity index (χ0) is 17.8. The van der Waals surface area contributed by atoms with Gasteiger partial charge in [-0.15, -0.1) is 0 Å². The van der Waals surface area contributed by atoms with Crippen molar-refractivity contribution in [3.05, 3.63) is 41.7 Å². The van der Waals surface area contributed by atoms with Gasteiger partial charge in [0.15, 0.2) is 0 Å². The predicted octanol–water partition coefficient (Wildman–Crippen LogP) is 2.90. The Kier molecular flexibility index (Phi) is 5.38. The molecule has 0 N–H and O–H groups in total. The van der Waals surface area contributed by atoms with Crippen molar-refractivity contribution < 1.29 is 9.47 Å². The number of likely N-dealkylation sites (tertiary alicyclic amines) is 1. The normalized spacial score (nSPS) is 17.5. The second-order valence-electron chi connectivity index (χ2n) is 6.48. The molecule has 1 aromatic heterocycles. The summed E-state index contributed by atoms with van der Waals surface area (Å²) in [7, 11) is 7.30. The Morgan fingerprint density at radius 1 is 1.20 bits per heavy atom. The van der Waals surface area contributed by atoms with E-state index >= 15 is 0 Å². The molecule has 1 unspecified atom stereocenters. The van der Waals surface area contributed by atoms with E-state index in [4.69, 9.17) is 9.47 Å². The highest BCUT2D eigenvalue weighted by molar-refractivity contribution is 5.43. The molecule has 1 aliphatic heterocycles. The minimum atomic E-state index is 0.332. The molecular formula is C19H26N4O2. The second kappa shape index (κ2) is 7.70. The first-order valence-electron chi connectivity index (χ1n) is 8.57. The molecule has 0 bridgehead atoms. The Balaban J connectivity index is 1.82. The lowest BCUT2D eigenvalue weighted by molar-refractivity contribution is 0.240. The first-order valence-corrected chi connectivity index (χ1v) is 8.57. The molecule has 6 nitrogen and oxygen atoms in total. The van der Waals surface area contributed by atoms with Crippen LogP contribution in [0.15, 0.2) is 30.5 Å². The lowest BCUT2D eigenvalue weighted by Crippen LogP contribution is -2.24. The second-order valence-corrected chi connectivity index (χ2v) is 6.48. The maximum Gasteiger partial charge on any atom is 0.225 e. The molecule has 0 aliphatic carbocycles. The minimum absolute atomic E-state index is 0.332. The van der Waals surface area contributed by atoms with E-state index in [2.05, 4.69) is 20.9 Å². The highest BCUT2D eigenvalue weighted by Gasteiger charge is 2.29. The van der Waals surface area contributed by atoms with E-state index in [9.17, 15) is 0 Å². The van der Waals surface area contributed by atoms with Crippen LogP contribution in [0.1, 0.15) is 30.1 Å². The summed E-state index contributed by atoms with van der Waals surface area (Å²) in [6.07, 6.45) is 4.12. The molecule has 25 heavy (non-hydrogen) atoms. The third kappa shape index (κ3) is 3.85. The SMILES string of the molecule is COc1ccc(C2CCCN2Cc2ccnc(N(C)C)n2)c(OC)c1. The van der Waals surface area contributed by atoms with Gasteiger partial charge in [-0.1, -0.05) is 6.07 Å². The summed E-state index contributed by atoms with van der Waals surface area (Å²) >= 11 is 0. The summed E-state index contributed by atoms with van der Waals surface area (Å²) in [6.45, 7) is 1.87. The predicted molar refractivity (Wildman–Crippen MR) is 98.3 cm³/mol. The van der Waals surface area contributed by atoms with Crippen molar-refractivity contribution in [1.82, 2.24) is 14.9 Å². The van der Waals surface area contributed by atoms with Crippen molar-refractivity contribution in [2.24, 2.45) is 0 Å². The molecule has 1 saturated heterocycles. The average molecular weight is 342 g/mol. The summed E-state index contributed by atoms with van der Waals surface area (Å²) in [5, 5.41) is 0. The Hall–Kier alpha value is -2.34. The van der Waals surface area contributed by atoms with Crippen molar-refractivity contribution in [2.45, 2.75) is 25.4 Å². The molecule has 0 saturated carbocycles. The van der Waals surface area contributed by atoms with Gasteiger partial charge in [-0.2, -0.15) is 0 Å². The highest BCUT2D eigenvalue weighted by atomic mass is 16.5. The maximum atomic E-state index is 5.61. The molecule has 0 amide bonds. The van der Waals surface area contributed by atoms with Gasteiger partial charge in [0.25, 0.3) is 0 Å². The van der Waals surface area contributed by atoms with E-state index in [0.717, 1.165) is 42.7 Å². The molecule has 3 rings (SSSR count). The Labute approximate surface area is 149 Å². The summed E-state index contributed by atoms with van der Waals surface area (Å²) in [6, 6.07) is 8.40. The zero-order valence-electron chi connectivity index (χ0n) is 15.4. The number of methoxy groups -OCH3 is 2. The quantitative estimate of drug-likeness (QED) is 0.804. The van der Waals surface area contributed by atoms with Crippen LogP contribution in [-0.4, -0.2) is 49.7 Å². The molecular weight excluding hydrogens is 316 g/mol. The molecule has 1 atom stereocenters. The van der Waals surface area contributed by atoms with Crippen LogP contribution in [0, 0.1) is 0 Å². The van der Waals surface area contributed by atoms with Crippen LogP contribution in [-0.2, 0) is 6.54 Å². The Morgan fingerprint density at radius 2 is 2.04 bits per heavy atom. The van der Waals surface area contributed by atoms with Crippen LogP contribution in [0.4, 0.5) is 5.95 Å². The maximum absolute atomic E-state index is 5.61. The van der Waals surface area contributed by atoms with E-state index < -0.39 is 0 Å². The van der Waals surface area contributed by atoms with Gasteiger partial charge in [-0.05, 0) is 31.5 Å². The van der Waals surface area contributed by atoms with E-state index in [-0.39, 0.29) is 0 Å². The van der Waals surface area contributed by atoms with Gasteiger partial charge < -0.3 is 14.4 Å². The summed E-state index contributed by atoms with van der Waals surface area (Å²) in [4.78, 5) is 13.3. The number of hydrogen-bond acceptors (Lipinski definition) is 6. The molecule has 6 heteroatoms. The van der Waals surface area contributed by atoms with Gasteiger partial charge in [0.1, 0.15) is 11.5 Å². The number of rotatable bonds is 6. The van der Waals surface area contributed by atoms with Crippen molar-refractivity contribution >= 4 is 5.95 Å². The van der Waals surface area contributed by atoms with Gasteiger partial charge in [0, 0.05) is 44.5 Å². The fourth-order valence-corrected chi connectivity index (χ4v) is 3.36. The molecule has 2 heterocycles. The number of hydrogen-bond donors (Lipinski definition) is 0. The molecule has 1 aliphatic rings. The smallest absolute Gasteiger partial charge is 0.225 e. The number of anilines is 1. The zero-order valence-corrected chi connectivity index (χ0v) is 15.4. The summed E-state index contributed by atoms with van der Waals surface area (Å²) in [5.41, 5.74) is 2.25. The monoisotopic (exact) mass is 342 g/mol. The van der Waals surface area contributed by atoms with Gasteiger partial charge in [-0.25, -0.2) is 9.97 Å². The fraction of sp³-hybridized carbons (Fsp3) is 0.474. The summed E-state index contributed by atoms with van der Waals surface area (Å²) in [5.74, 6) is 2.44. The first kappa shape index (κ1) is 17.5. The van der Waals surface area contributed by atoms with Crippen molar-refractivity contribution in [3.63, 3.8) is 0 Å². The first-order chi connectivity index (χ1) is 12.1. The topological polar surface area (TPSA) is 50.7 Å². The molecule has 134 valence electrons. The van der Waals surface area contributed by atoms with Crippen LogP contribution in [0.5, 0.6) is 11.5 Å². The average Bonchev–Trinajstić information content (AvgIpc) is 3.09. The van der Waals surface area contributed by atoms with Crippen LogP contribution in [0.3, 0.4) is 0 Å². The summed E-state index contributed by atoms with van der Waals surface area (Å²) < 4.78 is 10.9. The number of aromatic nitrogens is 2.